The summed E-state index contributed by atoms with van der Waals surface area (Å²) in [7, 11) is -4.07. The van der Waals surface area contributed by atoms with Gasteiger partial charge in [-0.2, -0.15) is 8.42 Å². The zero-order chi connectivity index (χ0) is 6.78. The Kier molecular flexibility index (Phi) is 2.39. The number of hydrogen-bond donors (Lipinski definition) is 1. The summed E-state index contributed by atoms with van der Waals surface area (Å²) in [6.45, 7) is 0.362. The molecular weight excluding hydrogens is 132 g/mol. The van der Waals surface area contributed by atoms with Gasteiger partial charge in [-0.3, -0.25) is 4.55 Å². The normalized spacial score (nSPS) is 15.9. The Hall–Kier alpha value is -0.130. The highest BCUT2D eigenvalue weighted by Gasteiger charge is 2.15. The molecule has 0 saturated heterocycles. The van der Waals surface area contributed by atoms with Gasteiger partial charge in [0, 0.05) is 0 Å². The van der Waals surface area contributed by atoms with Crippen molar-refractivity contribution >= 4 is 10.1 Å². The predicted octanol–water partition coefficient (Wildman–Crippen LogP) is -0.307. The SMILES string of the molecule is CC(C[O])S(=O)(=O)O. The molecule has 0 amide bonds. The van der Waals surface area contributed by atoms with Crippen LogP contribution >= 0.6 is 0 Å². The van der Waals surface area contributed by atoms with E-state index in [1.807, 2.05) is 0 Å². The maximum Gasteiger partial charge on any atom is 0.269 e. The summed E-state index contributed by atoms with van der Waals surface area (Å²) < 4.78 is 27.9. The van der Waals surface area contributed by atoms with Crippen molar-refractivity contribution in [3.8, 4) is 0 Å². The molecule has 5 heteroatoms. The van der Waals surface area contributed by atoms with E-state index in [1.165, 1.54) is 0 Å². The summed E-state index contributed by atoms with van der Waals surface area (Å²) >= 11 is 0. The summed E-state index contributed by atoms with van der Waals surface area (Å²) in [6, 6.07) is 0. The fraction of sp³-hybridized carbons (Fsp3) is 1.00. The molecule has 1 N–H and O–H groups in total. The minimum Gasteiger partial charge on any atom is -0.285 e. The van der Waals surface area contributed by atoms with Gasteiger partial charge in [-0.15, -0.1) is 0 Å². The smallest absolute Gasteiger partial charge is 0.269 e. The second kappa shape index (κ2) is 2.43. The molecule has 0 aromatic carbocycles. The molecule has 0 rings (SSSR count). The van der Waals surface area contributed by atoms with E-state index in [0.29, 0.717) is 0 Å². The summed E-state index contributed by atoms with van der Waals surface area (Å²) in [5.74, 6) is 0. The lowest BCUT2D eigenvalue weighted by Crippen LogP contribution is -2.19. The Bertz CT molecular complexity index is 147. The van der Waals surface area contributed by atoms with E-state index in [1.54, 1.807) is 0 Å². The van der Waals surface area contributed by atoms with Gasteiger partial charge in [0.15, 0.2) is 0 Å². The lowest BCUT2D eigenvalue weighted by atomic mass is 10.5. The highest BCUT2D eigenvalue weighted by molar-refractivity contribution is 7.86. The van der Waals surface area contributed by atoms with Crippen molar-refractivity contribution in [1.29, 1.82) is 0 Å². The van der Waals surface area contributed by atoms with Crippen LogP contribution in [-0.4, -0.2) is 24.8 Å². The first kappa shape index (κ1) is 7.87. The average Bonchev–Trinajstić information content (AvgIpc) is 1.62. The van der Waals surface area contributed by atoms with Crippen molar-refractivity contribution in [3.63, 3.8) is 0 Å². The molecule has 0 aliphatic heterocycles. The molecule has 8 heavy (non-hydrogen) atoms. The third kappa shape index (κ3) is 2.25. The Labute approximate surface area is 47.9 Å². The van der Waals surface area contributed by atoms with E-state index in [-0.39, 0.29) is 0 Å². The van der Waals surface area contributed by atoms with Crippen molar-refractivity contribution < 1.29 is 18.1 Å². The minimum atomic E-state index is -4.07. The first-order valence-electron chi connectivity index (χ1n) is 2.03. The minimum absolute atomic E-state index is 0.793. The van der Waals surface area contributed by atoms with Crippen molar-refractivity contribution in [2.24, 2.45) is 0 Å². The Morgan fingerprint density at radius 2 is 2.00 bits per heavy atom. The van der Waals surface area contributed by atoms with Gasteiger partial charge in [-0.25, -0.2) is 5.11 Å². The van der Waals surface area contributed by atoms with Crippen LogP contribution in [0.4, 0.5) is 0 Å². The lowest BCUT2D eigenvalue weighted by molar-refractivity contribution is 0.192. The summed E-state index contributed by atoms with van der Waals surface area (Å²) in [4.78, 5) is 0. The first-order chi connectivity index (χ1) is 3.48. The fourth-order valence-electron chi connectivity index (χ4n) is 0.0860. The molecule has 49 valence electrons. The lowest BCUT2D eigenvalue weighted by Gasteiger charge is -1.98. The Morgan fingerprint density at radius 1 is 1.62 bits per heavy atom. The van der Waals surface area contributed by atoms with Crippen molar-refractivity contribution in [2.45, 2.75) is 12.2 Å². The van der Waals surface area contributed by atoms with E-state index in [9.17, 15) is 13.5 Å². The average molecular weight is 139 g/mol. The molecule has 0 aromatic heterocycles. The van der Waals surface area contributed by atoms with Crippen LogP contribution in [0.3, 0.4) is 0 Å². The standard InChI is InChI=1S/C3H7O4S/c1-3(2-4)8(5,6)7/h3H,2H2,1H3,(H,5,6,7). The van der Waals surface area contributed by atoms with Crippen LogP contribution in [0, 0.1) is 0 Å². The van der Waals surface area contributed by atoms with Crippen molar-refractivity contribution in [2.75, 3.05) is 6.61 Å². The van der Waals surface area contributed by atoms with Gasteiger partial charge in [0.2, 0.25) is 0 Å². The molecule has 0 fully saturated rings. The molecule has 0 aromatic rings. The Balaban J connectivity index is 4.04. The summed E-state index contributed by atoms with van der Waals surface area (Å²) in [5.41, 5.74) is 0. The summed E-state index contributed by atoms with van der Waals surface area (Å²) in [5, 5.41) is 8.56. The first-order valence-corrected chi connectivity index (χ1v) is 3.53. The molecule has 1 radical (unpaired) electrons. The van der Waals surface area contributed by atoms with Gasteiger partial charge in [-0.05, 0) is 6.92 Å². The number of hydrogen-bond acceptors (Lipinski definition) is 2. The zero-order valence-electron chi connectivity index (χ0n) is 4.36. The number of rotatable bonds is 2. The maximum absolute atomic E-state index is 9.92. The van der Waals surface area contributed by atoms with Crippen molar-refractivity contribution in [3.05, 3.63) is 0 Å². The summed E-state index contributed by atoms with van der Waals surface area (Å²) in [6.07, 6.45) is 0. The molecule has 4 nitrogen and oxygen atoms in total. The van der Waals surface area contributed by atoms with Crippen molar-refractivity contribution in [1.82, 2.24) is 0 Å². The highest BCUT2D eigenvalue weighted by atomic mass is 32.2. The molecule has 0 saturated carbocycles. The molecule has 0 heterocycles. The third-order valence-electron chi connectivity index (χ3n) is 0.743. The largest absolute Gasteiger partial charge is 0.285 e. The van der Waals surface area contributed by atoms with E-state index in [2.05, 4.69) is 0 Å². The molecule has 0 bridgehead atoms. The molecule has 0 aliphatic rings. The van der Waals surface area contributed by atoms with Crippen LogP contribution in [0.15, 0.2) is 0 Å². The van der Waals surface area contributed by atoms with Crippen LogP contribution in [0.25, 0.3) is 0 Å². The van der Waals surface area contributed by atoms with Gasteiger partial charge in [0.05, 0.1) is 0 Å². The quantitative estimate of drug-likeness (QED) is 0.533. The van der Waals surface area contributed by atoms with Crippen LogP contribution in [0.2, 0.25) is 0 Å². The van der Waals surface area contributed by atoms with Crippen LogP contribution in [0.1, 0.15) is 6.92 Å². The van der Waals surface area contributed by atoms with E-state index in [0.717, 1.165) is 6.92 Å². The van der Waals surface area contributed by atoms with Crippen LogP contribution in [0.5, 0.6) is 0 Å². The van der Waals surface area contributed by atoms with Crippen LogP contribution in [-0.2, 0) is 15.2 Å². The monoisotopic (exact) mass is 139 g/mol. The predicted molar refractivity (Wildman–Crippen MR) is 26.6 cm³/mol. The van der Waals surface area contributed by atoms with E-state index >= 15 is 0 Å². The van der Waals surface area contributed by atoms with Gasteiger partial charge >= 0.3 is 0 Å². The van der Waals surface area contributed by atoms with Gasteiger partial charge in [-0.1, -0.05) is 0 Å². The third-order valence-corrected chi connectivity index (χ3v) is 1.90. The second-order valence-corrected chi connectivity index (χ2v) is 3.33. The van der Waals surface area contributed by atoms with Gasteiger partial charge < -0.3 is 0 Å². The molecule has 1 atom stereocenters. The second-order valence-electron chi connectivity index (χ2n) is 1.49. The molecule has 0 aliphatic carbocycles. The topological polar surface area (TPSA) is 74.3 Å². The van der Waals surface area contributed by atoms with Crippen LogP contribution < -0.4 is 0 Å². The fourth-order valence-corrected chi connectivity index (χ4v) is 0.258. The molecular formula is C3H7O4S. The zero-order valence-corrected chi connectivity index (χ0v) is 5.18. The van der Waals surface area contributed by atoms with E-state index in [4.69, 9.17) is 4.55 Å². The molecule has 1 unspecified atom stereocenters. The van der Waals surface area contributed by atoms with Gasteiger partial charge in [0.1, 0.15) is 11.9 Å². The highest BCUT2D eigenvalue weighted by Crippen LogP contribution is 1.93. The Morgan fingerprint density at radius 3 is 2.00 bits per heavy atom. The maximum atomic E-state index is 9.92. The van der Waals surface area contributed by atoms with E-state index < -0.39 is 22.0 Å². The molecule has 0 spiro atoms. The van der Waals surface area contributed by atoms with Gasteiger partial charge in [0.25, 0.3) is 10.1 Å².